The number of fused-ring (bicyclic) bond motifs is 1. The molecule has 124 valence electrons. The van der Waals surface area contributed by atoms with Gasteiger partial charge in [-0.15, -0.1) is 0 Å². The molecule has 0 spiro atoms. The molecule has 0 unspecified atom stereocenters. The minimum Gasteiger partial charge on any atom is -0.444 e. The van der Waals surface area contributed by atoms with Crippen LogP contribution in [0.2, 0.25) is 0 Å². The van der Waals surface area contributed by atoms with Crippen LogP contribution < -0.4 is 10.1 Å². The number of hydrogen-bond donors (Lipinski definition) is 1. The Hall–Kier alpha value is -2.80. The fraction of sp³-hybridized carbons (Fsp3) is 0.176. The maximum absolute atomic E-state index is 11.9. The minimum absolute atomic E-state index is 0.236. The van der Waals surface area contributed by atoms with Crippen molar-refractivity contribution < 1.29 is 14.4 Å². The van der Waals surface area contributed by atoms with Crippen molar-refractivity contribution >= 4 is 33.3 Å². The molecule has 0 aliphatic rings. The molecule has 3 rings (SSSR count). The monoisotopic (exact) mass is 343 g/mol. The molecular formula is C17H17N3O3S. The normalized spacial score (nSPS) is 11.5. The van der Waals surface area contributed by atoms with Gasteiger partial charge in [0, 0.05) is 12.7 Å². The van der Waals surface area contributed by atoms with E-state index in [1.165, 1.54) is 18.4 Å². The molecule has 6 nitrogen and oxygen atoms in total. The topological polar surface area (TPSA) is 64.8 Å². The van der Waals surface area contributed by atoms with Crippen LogP contribution in [0.3, 0.4) is 0 Å². The third-order valence-corrected chi connectivity index (χ3v) is 4.52. The van der Waals surface area contributed by atoms with Gasteiger partial charge < -0.3 is 14.1 Å². The van der Waals surface area contributed by atoms with Crippen molar-refractivity contribution in [1.29, 1.82) is 0 Å². The molecule has 2 aromatic carbocycles. The smallest absolute Gasteiger partial charge is 0.411 e. The lowest BCUT2D eigenvalue weighted by atomic mass is 10.2. The molecule has 0 atom stereocenters. The lowest BCUT2D eigenvalue weighted by Crippen LogP contribution is -2.13. The first-order valence-electron chi connectivity index (χ1n) is 7.32. The van der Waals surface area contributed by atoms with Crippen LogP contribution in [0.5, 0.6) is 0 Å². The highest BCUT2D eigenvalue weighted by Crippen LogP contribution is 2.21. The molecule has 0 fully saturated rings. The Labute approximate surface area is 142 Å². The zero-order chi connectivity index (χ0) is 16.9. The van der Waals surface area contributed by atoms with Gasteiger partial charge in [0.15, 0.2) is 0 Å². The van der Waals surface area contributed by atoms with Gasteiger partial charge in [0.2, 0.25) is 4.80 Å². The summed E-state index contributed by atoms with van der Waals surface area (Å²) in [5, 5.41) is 6.71. The van der Waals surface area contributed by atoms with Gasteiger partial charge in [-0.1, -0.05) is 46.8 Å². The number of anilines is 1. The van der Waals surface area contributed by atoms with Crippen LogP contribution in [-0.4, -0.2) is 17.8 Å². The standard InChI is InChI=1S/C17H17N3O3S/c1-20-14-9-8-13(10-15(14)24-16(20)19-22-2)18-17(21)23-11-12-6-4-3-5-7-12/h3-10H,11H2,1-2H3,(H,18,21). The van der Waals surface area contributed by atoms with Crippen LogP contribution in [0.25, 0.3) is 10.2 Å². The maximum Gasteiger partial charge on any atom is 0.411 e. The third-order valence-electron chi connectivity index (χ3n) is 3.44. The molecule has 0 saturated carbocycles. The molecule has 0 aliphatic carbocycles. The molecule has 0 bridgehead atoms. The maximum atomic E-state index is 11.9. The highest BCUT2D eigenvalue weighted by atomic mass is 32.1. The van der Waals surface area contributed by atoms with E-state index in [0.717, 1.165) is 20.6 Å². The number of carbonyl (C=O) groups is 1. The van der Waals surface area contributed by atoms with Crippen molar-refractivity contribution in [2.75, 3.05) is 12.4 Å². The van der Waals surface area contributed by atoms with Gasteiger partial charge in [0.1, 0.15) is 13.7 Å². The molecule has 3 aromatic rings. The Kier molecular flexibility index (Phi) is 4.81. The van der Waals surface area contributed by atoms with Gasteiger partial charge >= 0.3 is 6.09 Å². The number of ether oxygens (including phenoxy) is 1. The second-order valence-electron chi connectivity index (χ2n) is 5.09. The predicted octanol–water partition coefficient (Wildman–Crippen LogP) is 3.45. The van der Waals surface area contributed by atoms with Gasteiger partial charge in [-0.05, 0) is 23.8 Å². The number of amides is 1. The zero-order valence-corrected chi connectivity index (χ0v) is 14.2. The van der Waals surface area contributed by atoms with Crippen LogP contribution >= 0.6 is 11.3 Å². The van der Waals surface area contributed by atoms with Crippen molar-refractivity contribution in [2.45, 2.75) is 6.61 Å². The SMILES string of the molecule is CON=c1sc2cc(NC(=O)OCc3ccccc3)ccc2n1C. The first-order chi connectivity index (χ1) is 11.7. The van der Waals surface area contributed by atoms with Gasteiger partial charge in [-0.25, -0.2) is 4.79 Å². The summed E-state index contributed by atoms with van der Waals surface area (Å²) in [4.78, 5) is 17.5. The molecule has 0 saturated heterocycles. The number of hydrogen-bond acceptors (Lipinski definition) is 5. The van der Waals surface area contributed by atoms with E-state index in [9.17, 15) is 4.79 Å². The molecule has 7 heteroatoms. The van der Waals surface area contributed by atoms with E-state index in [-0.39, 0.29) is 6.61 Å². The van der Waals surface area contributed by atoms with Crippen LogP contribution in [-0.2, 0) is 23.2 Å². The van der Waals surface area contributed by atoms with Crippen LogP contribution in [0, 0.1) is 0 Å². The van der Waals surface area contributed by atoms with E-state index in [1.54, 1.807) is 0 Å². The molecule has 1 amide bonds. The fourth-order valence-electron chi connectivity index (χ4n) is 2.26. The van der Waals surface area contributed by atoms with E-state index < -0.39 is 6.09 Å². The summed E-state index contributed by atoms with van der Waals surface area (Å²) < 4.78 is 8.15. The Bertz CT molecular complexity index is 916. The summed E-state index contributed by atoms with van der Waals surface area (Å²) in [5.41, 5.74) is 2.63. The first kappa shape index (κ1) is 16.1. The Morgan fingerprint density at radius 1 is 1.25 bits per heavy atom. The molecule has 0 radical (unpaired) electrons. The summed E-state index contributed by atoms with van der Waals surface area (Å²) in [7, 11) is 3.43. The summed E-state index contributed by atoms with van der Waals surface area (Å²) in [6, 6.07) is 15.2. The molecule has 1 heterocycles. The molecular weight excluding hydrogens is 326 g/mol. The summed E-state index contributed by atoms with van der Waals surface area (Å²) in [6.07, 6.45) is -0.485. The Morgan fingerprint density at radius 3 is 2.79 bits per heavy atom. The predicted molar refractivity (Wildman–Crippen MR) is 93.6 cm³/mol. The van der Waals surface area contributed by atoms with Crippen LogP contribution in [0.15, 0.2) is 53.7 Å². The highest BCUT2D eigenvalue weighted by molar-refractivity contribution is 7.16. The number of nitrogens with zero attached hydrogens (tertiary/aromatic N) is 2. The Balaban J connectivity index is 1.71. The summed E-state index contributed by atoms with van der Waals surface area (Å²) >= 11 is 1.48. The molecule has 0 aliphatic heterocycles. The Morgan fingerprint density at radius 2 is 2.04 bits per heavy atom. The van der Waals surface area contributed by atoms with E-state index in [0.29, 0.717) is 5.69 Å². The van der Waals surface area contributed by atoms with E-state index in [2.05, 4.69) is 10.5 Å². The average molecular weight is 343 g/mol. The van der Waals surface area contributed by atoms with E-state index in [1.807, 2.05) is 60.1 Å². The van der Waals surface area contributed by atoms with Crippen molar-refractivity contribution in [3.05, 3.63) is 58.9 Å². The molecule has 1 N–H and O–H groups in total. The van der Waals surface area contributed by atoms with E-state index >= 15 is 0 Å². The van der Waals surface area contributed by atoms with Gasteiger partial charge in [-0.2, -0.15) is 0 Å². The lowest BCUT2D eigenvalue weighted by molar-refractivity contribution is 0.155. The summed E-state index contributed by atoms with van der Waals surface area (Å²) in [6.45, 7) is 0.236. The van der Waals surface area contributed by atoms with Gasteiger partial charge in [0.25, 0.3) is 0 Å². The second-order valence-corrected chi connectivity index (χ2v) is 6.10. The quantitative estimate of drug-likeness (QED) is 0.738. The van der Waals surface area contributed by atoms with Crippen molar-refractivity contribution in [3.8, 4) is 0 Å². The largest absolute Gasteiger partial charge is 0.444 e. The number of aryl methyl sites for hydroxylation is 1. The van der Waals surface area contributed by atoms with Gasteiger partial charge in [-0.3, -0.25) is 5.32 Å². The number of carbonyl (C=O) groups excluding carboxylic acids is 1. The first-order valence-corrected chi connectivity index (χ1v) is 8.13. The van der Waals surface area contributed by atoms with Crippen molar-refractivity contribution in [1.82, 2.24) is 4.57 Å². The third kappa shape index (κ3) is 3.57. The number of rotatable bonds is 4. The van der Waals surface area contributed by atoms with Crippen molar-refractivity contribution in [3.63, 3.8) is 0 Å². The highest BCUT2D eigenvalue weighted by Gasteiger charge is 2.07. The minimum atomic E-state index is -0.485. The van der Waals surface area contributed by atoms with Crippen molar-refractivity contribution in [2.24, 2.45) is 12.2 Å². The number of thiazole rings is 1. The van der Waals surface area contributed by atoms with Crippen LogP contribution in [0.4, 0.5) is 10.5 Å². The lowest BCUT2D eigenvalue weighted by Gasteiger charge is -2.07. The van der Waals surface area contributed by atoms with Gasteiger partial charge in [0.05, 0.1) is 10.2 Å². The number of aromatic nitrogens is 1. The summed E-state index contributed by atoms with van der Waals surface area (Å²) in [5.74, 6) is 0. The number of benzene rings is 2. The zero-order valence-electron chi connectivity index (χ0n) is 13.4. The molecule has 1 aromatic heterocycles. The second kappa shape index (κ2) is 7.18. The fourth-order valence-corrected chi connectivity index (χ4v) is 3.29. The number of nitrogens with one attached hydrogen (secondary N) is 1. The molecule has 24 heavy (non-hydrogen) atoms. The average Bonchev–Trinajstić information content (AvgIpc) is 2.90. The van der Waals surface area contributed by atoms with E-state index in [4.69, 9.17) is 9.57 Å². The van der Waals surface area contributed by atoms with Crippen LogP contribution in [0.1, 0.15) is 5.56 Å².